The minimum Gasteiger partial charge on any atom is -0.494 e. The van der Waals surface area contributed by atoms with Crippen LogP contribution in [0.1, 0.15) is 10.4 Å². The average Bonchev–Trinajstić information content (AvgIpc) is 2.42. The van der Waals surface area contributed by atoms with Crippen LogP contribution < -0.4 is 10.1 Å². The first-order valence-corrected chi connectivity index (χ1v) is 6.10. The lowest BCUT2D eigenvalue weighted by Crippen LogP contribution is -2.15. The molecule has 0 bridgehead atoms. The first-order valence-electron chi connectivity index (χ1n) is 5.72. The fraction of sp³-hybridized carbons (Fsp3) is 0.0714. The van der Waals surface area contributed by atoms with Gasteiger partial charge in [-0.05, 0) is 12.1 Å². The first kappa shape index (κ1) is 15.2. The molecule has 1 amide bonds. The largest absolute Gasteiger partial charge is 0.494 e. The first-order chi connectivity index (χ1) is 9.93. The summed E-state index contributed by atoms with van der Waals surface area (Å²) < 4.78 is 45.4. The lowest BCUT2D eigenvalue weighted by molar-refractivity contribution is 0.102. The van der Waals surface area contributed by atoms with Gasteiger partial charge in [-0.1, -0.05) is 17.7 Å². The molecule has 2 rings (SSSR count). The molecule has 0 aliphatic heterocycles. The third-order valence-electron chi connectivity index (χ3n) is 2.68. The minimum absolute atomic E-state index is 0.137. The van der Waals surface area contributed by atoms with Gasteiger partial charge in [-0.25, -0.2) is 13.2 Å². The molecule has 0 aliphatic rings. The number of hydrogen-bond acceptors (Lipinski definition) is 2. The van der Waals surface area contributed by atoms with Gasteiger partial charge in [-0.3, -0.25) is 4.79 Å². The maximum atomic E-state index is 13.7. The van der Waals surface area contributed by atoms with Crippen LogP contribution in [0.25, 0.3) is 0 Å². The van der Waals surface area contributed by atoms with E-state index in [1.54, 1.807) is 0 Å². The predicted molar refractivity (Wildman–Crippen MR) is 72.3 cm³/mol. The molecule has 0 unspecified atom stereocenters. The smallest absolute Gasteiger partial charge is 0.260 e. The van der Waals surface area contributed by atoms with Crippen molar-refractivity contribution in [2.24, 2.45) is 0 Å². The highest BCUT2D eigenvalue weighted by Crippen LogP contribution is 2.26. The van der Waals surface area contributed by atoms with Crippen LogP contribution in [0.5, 0.6) is 5.75 Å². The molecule has 0 aliphatic carbocycles. The zero-order chi connectivity index (χ0) is 15.6. The van der Waals surface area contributed by atoms with Gasteiger partial charge in [0.05, 0.1) is 23.4 Å². The number of halogens is 4. The third kappa shape index (κ3) is 3.11. The van der Waals surface area contributed by atoms with Gasteiger partial charge < -0.3 is 10.1 Å². The fourth-order valence-corrected chi connectivity index (χ4v) is 1.93. The van der Waals surface area contributed by atoms with Gasteiger partial charge in [-0.15, -0.1) is 0 Å². The molecule has 7 heteroatoms. The van der Waals surface area contributed by atoms with Crippen LogP contribution in [-0.2, 0) is 0 Å². The number of carbonyl (C=O) groups excluding carboxylic acids is 1. The minimum atomic E-state index is -0.985. The Hall–Kier alpha value is -2.21. The Balaban J connectivity index is 2.34. The molecular weight excluding hydrogens is 307 g/mol. The quantitative estimate of drug-likeness (QED) is 0.929. The Morgan fingerprint density at radius 3 is 2.48 bits per heavy atom. The fourth-order valence-electron chi connectivity index (χ4n) is 1.68. The van der Waals surface area contributed by atoms with Gasteiger partial charge in [0, 0.05) is 12.1 Å². The van der Waals surface area contributed by atoms with Gasteiger partial charge in [0.2, 0.25) is 0 Å². The van der Waals surface area contributed by atoms with Gasteiger partial charge in [-0.2, -0.15) is 0 Å². The SMILES string of the molecule is COc1cc(F)c(NC(=O)c2c(F)cccc2Cl)cc1F. The Bertz CT molecular complexity index is 687. The highest BCUT2D eigenvalue weighted by molar-refractivity contribution is 6.34. The van der Waals surface area contributed by atoms with E-state index in [2.05, 4.69) is 10.1 Å². The van der Waals surface area contributed by atoms with Crippen molar-refractivity contribution in [2.75, 3.05) is 12.4 Å². The molecule has 2 aromatic rings. The number of ether oxygens (including phenoxy) is 1. The summed E-state index contributed by atoms with van der Waals surface area (Å²) >= 11 is 5.72. The molecule has 0 radical (unpaired) electrons. The van der Waals surface area contributed by atoms with E-state index in [1.807, 2.05) is 0 Å². The van der Waals surface area contributed by atoms with Crippen LogP contribution >= 0.6 is 11.6 Å². The number of amides is 1. The monoisotopic (exact) mass is 315 g/mol. The Kier molecular flexibility index (Phi) is 4.37. The number of carbonyl (C=O) groups is 1. The second-order valence-corrected chi connectivity index (χ2v) is 4.42. The molecule has 0 saturated heterocycles. The number of nitrogens with one attached hydrogen (secondary N) is 1. The van der Waals surface area contributed by atoms with Crippen molar-refractivity contribution in [3.8, 4) is 5.75 Å². The van der Waals surface area contributed by atoms with Crippen molar-refractivity contribution < 1.29 is 22.7 Å². The van der Waals surface area contributed by atoms with Crippen molar-refractivity contribution in [1.82, 2.24) is 0 Å². The highest BCUT2D eigenvalue weighted by atomic mass is 35.5. The van der Waals surface area contributed by atoms with Crippen LogP contribution in [0.15, 0.2) is 30.3 Å². The zero-order valence-corrected chi connectivity index (χ0v) is 11.5. The molecule has 1 N–H and O–H groups in total. The molecule has 21 heavy (non-hydrogen) atoms. The molecule has 0 heterocycles. The van der Waals surface area contributed by atoms with Gasteiger partial charge in [0.25, 0.3) is 5.91 Å². The standard InChI is InChI=1S/C14H9ClF3NO2/c1-21-12-6-9(17)11(5-10(12)18)19-14(20)13-7(15)3-2-4-8(13)16/h2-6H,1H3,(H,19,20). The molecule has 2 aromatic carbocycles. The van der Waals surface area contributed by atoms with Crippen LogP contribution in [0, 0.1) is 17.5 Å². The van der Waals surface area contributed by atoms with Crippen LogP contribution in [0.4, 0.5) is 18.9 Å². The predicted octanol–water partition coefficient (Wildman–Crippen LogP) is 4.02. The highest BCUT2D eigenvalue weighted by Gasteiger charge is 2.18. The van der Waals surface area contributed by atoms with E-state index in [0.717, 1.165) is 18.2 Å². The normalized spacial score (nSPS) is 10.3. The molecular formula is C14H9ClF3NO2. The van der Waals surface area contributed by atoms with Crippen molar-refractivity contribution >= 4 is 23.2 Å². The van der Waals surface area contributed by atoms with Crippen molar-refractivity contribution in [3.63, 3.8) is 0 Å². The molecule has 0 spiro atoms. The van der Waals surface area contributed by atoms with E-state index in [9.17, 15) is 18.0 Å². The maximum absolute atomic E-state index is 13.7. The Morgan fingerprint density at radius 1 is 1.14 bits per heavy atom. The van der Waals surface area contributed by atoms with Crippen molar-refractivity contribution in [1.29, 1.82) is 0 Å². The molecule has 0 fully saturated rings. The number of anilines is 1. The maximum Gasteiger partial charge on any atom is 0.260 e. The van der Waals surface area contributed by atoms with Crippen molar-refractivity contribution in [3.05, 3.63) is 58.4 Å². The lowest BCUT2D eigenvalue weighted by Gasteiger charge is -2.10. The average molecular weight is 316 g/mol. The van der Waals surface area contributed by atoms with Crippen LogP contribution in [-0.4, -0.2) is 13.0 Å². The van der Waals surface area contributed by atoms with Gasteiger partial charge in [0.15, 0.2) is 17.4 Å². The lowest BCUT2D eigenvalue weighted by atomic mass is 10.2. The van der Waals surface area contributed by atoms with Crippen LogP contribution in [0.2, 0.25) is 5.02 Å². The molecule has 0 saturated carbocycles. The third-order valence-corrected chi connectivity index (χ3v) is 2.99. The van der Waals surface area contributed by atoms with E-state index >= 15 is 0 Å². The number of rotatable bonds is 3. The molecule has 110 valence electrons. The summed E-state index contributed by atoms with van der Waals surface area (Å²) in [6, 6.07) is 5.17. The molecule has 3 nitrogen and oxygen atoms in total. The summed E-state index contributed by atoms with van der Waals surface area (Å²) in [4.78, 5) is 11.9. The van der Waals surface area contributed by atoms with Crippen molar-refractivity contribution in [2.45, 2.75) is 0 Å². The van der Waals surface area contributed by atoms with Gasteiger partial charge >= 0.3 is 0 Å². The van der Waals surface area contributed by atoms with Crippen LogP contribution in [0.3, 0.4) is 0 Å². The van der Waals surface area contributed by atoms with E-state index in [-0.39, 0.29) is 10.8 Å². The summed E-state index contributed by atoms with van der Waals surface area (Å²) in [7, 11) is 1.18. The Morgan fingerprint density at radius 2 is 1.86 bits per heavy atom. The van der Waals surface area contributed by atoms with E-state index in [4.69, 9.17) is 11.6 Å². The summed E-state index contributed by atoms with van der Waals surface area (Å²) in [5.74, 6) is -3.95. The zero-order valence-electron chi connectivity index (χ0n) is 10.7. The van der Waals surface area contributed by atoms with E-state index in [1.165, 1.54) is 19.2 Å². The van der Waals surface area contributed by atoms with E-state index in [0.29, 0.717) is 0 Å². The summed E-state index contributed by atoms with van der Waals surface area (Å²) in [6.45, 7) is 0. The summed E-state index contributed by atoms with van der Waals surface area (Å²) in [6.07, 6.45) is 0. The number of benzene rings is 2. The van der Waals surface area contributed by atoms with Gasteiger partial charge in [0.1, 0.15) is 5.82 Å². The number of hydrogen-bond donors (Lipinski definition) is 1. The van der Waals surface area contributed by atoms with E-state index < -0.39 is 34.6 Å². The molecule has 0 aromatic heterocycles. The number of methoxy groups -OCH3 is 1. The second-order valence-electron chi connectivity index (χ2n) is 4.02. The topological polar surface area (TPSA) is 38.3 Å². The summed E-state index contributed by atoms with van der Waals surface area (Å²) in [5, 5.41) is 1.93. The second kappa shape index (κ2) is 6.05. The summed E-state index contributed by atoms with van der Waals surface area (Å²) in [5.41, 5.74) is -0.896. The Labute approximate surface area is 123 Å². The molecule has 0 atom stereocenters.